The lowest BCUT2D eigenvalue weighted by Gasteiger charge is -2.49. The van der Waals surface area contributed by atoms with Crippen molar-refractivity contribution in [2.45, 2.75) is 185 Å². The number of ether oxygens (including phenoxy) is 9. The summed E-state index contributed by atoms with van der Waals surface area (Å²) < 4.78 is 50.2. The zero-order valence-corrected chi connectivity index (χ0v) is 35.0. The summed E-state index contributed by atoms with van der Waals surface area (Å²) in [7, 11) is 0. The number of aliphatic hydroxyl groups excluding tert-OH is 19. The van der Waals surface area contributed by atoms with E-state index in [9.17, 15) is 97.0 Å². The highest BCUT2D eigenvalue weighted by Crippen LogP contribution is 2.36. The average Bonchev–Trinajstić information content (AvgIpc) is 3.30. The van der Waals surface area contributed by atoms with E-state index in [4.69, 9.17) is 42.6 Å². The maximum Gasteiger partial charge on any atom is 0.189 e. The first kappa shape index (κ1) is 53.9. The Hall–Kier alpha value is -1.42. The normalized spacial score (nSPS) is 52.8. The molecule has 29 atom stereocenters. The Labute approximate surface area is 374 Å². The molecule has 0 aromatic carbocycles. The molecule has 0 bridgehead atoms. The first-order valence-electron chi connectivity index (χ1n) is 21.2. The number of hydrogen-bond acceptors (Lipinski definition) is 29. The molecule has 0 aromatic rings. The minimum Gasteiger partial charge on any atom is -0.394 e. The molecule has 1 aliphatic carbocycles. The molecule has 5 fully saturated rings. The molecule has 0 unspecified atom stereocenters. The van der Waals surface area contributed by atoms with Crippen molar-refractivity contribution in [3.8, 4) is 0 Å². The van der Waals surface area contributed by atoms with Crippen molar-refractivity contribution in [3.63, 3.8) is 0 Å². The zero-order chi connectivity index (χ0) is 48.6. The van der Waals surface area contributed by atoms with Gasteiger partial charge in [0.05, 0.1) is 51.2 Å². The molecule has 29 nitrogen and oxygen atoms in total. The van der Waals surface area contributed by atoms with Gasteiger partial charge in [0.25, 0.3) is 0 Å². The van der Waals surface area contributed by atoms with Gasteiger partial charge in [0.2, 0.25) is 0 Å². The molecule has 6 aliphatic rings. The lowest BCUT2D eigenvalue weighted by Crippen LogP contribution is -2.69. The van der Waals surface area contributed by atoms with Crippen molar-refractivity contribution in [2.24, 2.45) is 0 Å². The van der Waals surface area contributed by atoms with Crippen molar-refractivity contribution in [2.75, 3.05) is 33.0 Å². The molecule has 0 spiro atoms. The van der Waals surface area contributed by atoms with Crippen LogP contribution in [0.5, 0.6) is 0 Å². The van der Waals surface area contributed by atoms with Crippen LogP contribution in [-0.4, -0.2) is 308 Å². The van der Waals surface area contributed by atoms with Gasteiger partial charge in [-0.25, -0.2) is 0 Å². The van der Waals surface area contributed by atoms with E-state index >= 15 is 0 Å². The Balaban J connectivity index is 1.06. The summed E-state index contributed by atoms with van der Waals surface area (Å²) in [6.45, 7) is -2.95. The molecule has 384 valence electrons. The third kappa shape index (κ3) is 10.7. The average molecular weight is 970 g/mol. The second-order valence-electron chi connectivity index (χ2n) is 17.0. The first-order chi connectivity index (χ1) is 31.2. The Morgan fingerprint density at radius 3 is 1.18 bits per heavy atom. The van der Waals surface area contributed by atoms with Gasteiger partial charge in [0, 0.05) is 0 Å². The molecule has 0 saturated carbocycles. The van der Waals surface area contributed by atoms with Crippen LogP contribution < -0.4 is 5.32 Å². The van der Waals surface area contributed by atoms with Gasteiger partial charge < -0.3 is 145 Å². The maximum atomic E-state index is 11.2. The molecule has 0 aromatic heterocycles. The predicted octanol–water partition coefficient (Wildman–Crippen LogP) is -12.9. The summed E-state index contributed by atoms with van der Waals surface area (Å²) in [6, 6.07) is -2.31. The second kappa shape index (κ2) is 22.8. The molecule has 5 saturated heterocycles. The van der Waals surface area contributed by atoms with Crippen LogP contribution >= 0.6 is 0 Å². The zero-order valence-electron chi connectivity index (χ0n) is 35.0. The maximum absolute atomic E-state index is 11.2. The molecular weight excluding hydrogens is 906 g/mol. The fourth-order valence-corrected chi connectivity index (χ4v) is 8.71. The van der Waals surface area contributed by atoms with Crippen molar-refractivity contribution in [3.05, 3.63) is 11.6 Å². The highest BCUT2D eigenvalue weighted by molar-refractivity contribution is 5.22. The number of nitrogens with one attached hydrogen (secondary N) is 1. The Bertz CT molecular complexity index is 1550. The number of rotatable bonds is 15. The largest absolute Gasteiger partial charge is 0.394 e. The van der Waals surface area contributed by atoms with E-state index < -0.39 is 211 Å². The minimum absolute atomic E-state index is 0.0208. The summed E-state index contributed by atoms with van der Waals surface area (Å²) in [5.74, 6) is 0. The summed E-state index contributed by atoms with van der Waals surface area (Å²) in [4.78, 5) is 0. The van der Waals surface area contributed by atoms with E-state index in [-0.39, 0.29) is 5.57 Å². The summed E-state index contributed by atoms with van der Waals surface area (Å²) in [6.07, 6.45) is -47.5. The number of hydrogen-bond donors (Lipinski definition) is 20. The highest BCUT2D eigenvalue weighted by Gasteiger charge is 2.56. The minimum atomic E-state index is -2.14. The standard InChI is InChI=1S/C37H63NO28/c1-8-15(38-10-2-9(3-39)16(44)20(48)17(10)45)19(47)25(53)33(58-8)63-30-12(5-41)60-34(27(55)22(30)50)64-31-13(6-42)61-35(28(56)23(31)51)65-32-14(7-43)62-37(29(57)24(32)52)66-36-26(54)21(49)18(46)11(4-40)59-36/h2,8,10-57H,3-7H2,1H3/t8-,10-,11-,12+,13-,14-,15-,16-,17-,18+,19+,20-,21+,22-,23-,24-,25+,26-,27-,28-,29+,30+,31+,32+,33-,34-,35-,36-,37-/m1/s1. The Morgan fingerprint density at radius 1 is 0.409 bits per heavy atom. The lowest BCUT2D eigenvalue weighted by atomic mass is 9.86. The van der Waals surface area contributed by atoms with E-state index in [0.717, 1.165) is 0 Å². The van der Waals surface area contributed by atoms with Gasteiger partial charge in [-0.05, 0) is 12.5 Å². The van der Waals surface area contributed by atoms with Crippen molar-refractivity contribution >= 4 is 0 Å². The van der Waals surface area contributed by atoms with E-state index in [1.54, 1.807) is 0 Å². The third-order valence-corrected chi connectivity index (χ3v) is 12.7. The van der Waals surface area contributed by atoms with Crippen molar-refractivity contribution < 1.29 is 140 Å². The van der Waals surface area contributed by atoms with Crippen molar-refractivity contribution in [1.29, 1.82) is 0 Å². The molecule has 5 heterocycles. The predicted molar refractivity (Wildman–Crippen MR) is 203 cm³/mol. The number of aliphatic hydroxyl groups is 19. The van der Waals surface area contributed by atoms with Crippen LogP contribution in [0.25, 0.3) is 0 Å². The summed E-state index contributed by atoms with van der Waals surface area (Å²) in [5.41, 5.74) is -0.0208. The molecule has 29 heteroatoms. The highest BCUT2D eigenvalue weighted by atomic mass is 16.8. The van der Waals surface area contributed by atoms with Crippen LogP contribution in [0.2, 0.25) is 0 Å². The fourth-order valence-electron chi connectivity index (χ4n) is 8.71. The van der Waals surface area contributed by atoms with Crippen LogP contribution in [0.15, 0.2) is 11.6 Å². The molecule has 0 amide bonds. The molecule has 66 heavy (non-hydrogen) atoms. The smallest absolute Gasteiger partial charge is 0.189 e. The molecule has 6 rings (SSSR count). The molecule has 5 aliphatic heterocycles. The summed E-state index contributed by atoms with van der Waals surface area (Å²) in [5, 5.41) is 202. The van der Waals surface area contributed by atoms with Crippen LogP contribution in [0.3, 0.4) is 0 Å². The van der Waals surface area contributed by atoms with Gasteiger partial charge in [0.1, 0.15) is 128 Å². The lowest BCUT2D eigenvalue weighted by molar-refractivity contribution is -0.399. The quantitative estimate of drug-likeness (QED) is 0.0678. The Kier molecular flexibility index (Phi) is 18.6. The van der Waals surface area contributed by atoms with Crippen LogP contribution in [0.1, 0.15) is 6.92 Å². The van der Waals surface area contributed by atoms with Gasteiger partial charge >= 0.3 is 0 Å². The van der Waals surface area contributed by atoms with Gasteiger partial charge in [-0.15, -0.1) is 0 Å². The topological polar surface area (TPSA) is 479 Å². The van der Waals surface area contributed by atoms with Crippen LogP contribution in [0.4, 0.5) is 0 Å². The van der Waals surface area contributed by atoms with Gasteiger partial charge in [-0.1, -0.05) is 6.08 Å². The third-order valence-electron chi connectivity index (χ3n) is 12.7. The van der Waals surface area contributed by atoms with E-state index in [1.807, 2.05) is 0 Å². The van der Waals surface area contributed by atoms with E-state index in [1.165, 1.54) is 13.0 Å². The van der Waals surface area contributed by atoms with Crippen molar-refractivity contribution in [1.82, 2.24) is 5.32 Å². The molecular formula is C37H63NO28. The fraction of sp³-hybridized carbons (Fsp3) is 0.946. The van der Waals surface area contributed by atoms with E-state index in [0.29, 0.717) is 0 Å². The van der Waals surface area contributed by atoms with Gasteiger partial charge in [-0.2, -0.15) is 0 Å². The monoisotopic (exact) mass is 969 g/mol. The van der Waals surface area contributed by atoms with Crippen LogP contribution in [-0.2, 0) is 42.6 Å². The Morgan fingerprint density at radius 2 is 0.773 bits per heavy atom. The molecule has 20 N–H and O–H groups in total. The van der Waals surface area contributed by atoms with Gasteiger partial charge in [0.15, 0.2) is 31.5 Å². The summed E-state index contributed by atoms with van der Waals surface area (Å²) >= 11 is 0. The van der Waals surface area contributed by atoms with Crippen LogP contribution in [0, 0.1) is 0 Å². The first-order valence-corrected chi connectivity index (χ1v) is 21.2. The van der Waals surface area contributed by atoms with Gasteiger partial charge in [-0.3, -0.25) is 0 Å². The van der Waals surface area contributed by atoms with E-state index in [2.05, 4.69) is 5.32 Å². The SMILES string of the molecule is C[C@H]1O[C@H](O[C@@H]2[C@H](O)[C@@H](O)[C@@H](O[C@@H]3[C@H](O)[C@@H](O)[C@@H](O[C@@H]4[C@H](O)[C@H](O)[C@@H](O[C@H]5O[C@H](CO)[C@H](O)[C@H](O)[C@H]5O)O[C@@H]4CO)O[C@@H]3CO)O[C@H]2CO)[C@@H](O)[C@@H](O)[C@@H]1N[C@@H]1C=C(CO)[C@@H](O)[C@@H](O)[C@@H]1O. The molecule has 0 radical (unpaired) electrons. The second-order valence-corrected chi connectivity index (χ2v) is 17.0.